The van der Waals surface area contributed by atoms with Crippen LogP contribution in [0.4, 0.5) is 11.4 Å². The molecular weight excluding hydrogens is 362 g/mol. The number of rotatable bonds is 5. The molecule has 2 heterocycles. The van der Waals surface area contributed by atoms with Crippen LogP contribution in [0.3, 0.4) is 0 Å². The highest BCUT2D eigenvalue weighted by atomic mass is 35.5. The molecule has 0 aliphatic heterocycles. The third kappa shape index (κ3) is 3.57. The van der Waals surface area contributed by atoms with E-state index in [4.69, 9.17) is 16.1 Å². The van der Waals surface area contributed by atoms with E-state index in [-0.39, 0.29) is 17.9 Å². The van der Waals surface area contributed by atoms with Gasteiger partial charge in [-0.05, 0) is 31.5 Å². The molecule has 0 bridgehead atoms. The summed E-state index contributed by atoms with van der Waals surface area (Å²) in [4.78, 5) is 22.8. The number of amides is 1. The summed E-state index contributed by atoms with van der Waals surface area (Å²) < 4.78 is 6.47. The number of anilines is 1. The minimum absolute atomic E-state index is 0.0834. The molecule has 0 spiro atoms. The largest absolute Gasteiger partial charge is 0.361 e. The van der Waals surface area contributed by atoms with Gasteiger partial charge in [-0.1, -0.05) is 22.8 Å². The molecule has 0 atom stereocenters. The van der Waals surface area contributed by atoms with Crippen LogP contribution in [0.2, 0.25) is 5.02 Å². The molecule has 0 fully saturated rings. The van der Waals surface area contributed by atoms with Gasteiger partial charge in [-0.2, -0.15) is 5.10 Å². The van der Waals surface area contributed by atoms with E-state index >= 15 is 0 Å². The Morgan fingerprint density at radius 2 is 2.19 bits per heavy atom. The van der Waals surface area contributed by atoms with Crippen LogP contribution in [-0.4, -0.2) is 25.8 Å². The van der Waals surface area contributed by atoms with E-state index in [0.717, 1.165) is 11.8 Å². The zero-order chi connectivity index (χ0) is 18.8. The molecular formula is C16H14ClN5O4. The average molecular weight is 376 g/mol. The van der Waals surface area contributed by atoms with Crippen molar-refractivity contribution in [2.75, 3.05) is 5.32 Å². The van der Waals surface area contributed by atoms with Crippen LogP contribution in [0, 0.1) is 24.0 Å². The lowest BCUT2D eigenvalue weighted by molar-refractivity contribution is -0.385. The number of carbonyl (C=O) groups is 1. The highest BCUT2D eigenvalue weighted by molar-refractivity contribution is 6.31. The van der Waals surface area contributed by atoms with E-state index in [0.29, 0.717) is 22.0 Å². The molecule has 2 aromatic heterocycles. The predicted molar refractivity (Wildman–Crippen MR) is 93.4 cm³/mol. The third-order valence-corrected chi connectivity index (χ3v) is 4.03. The molecule has 3 rings (SSSR count). The van der Waals surface area contributed by atoms with Crippen molar-refractivity contribution in [3.8, 4) is 0 Å². The Bertz CT molecular complexity index is 994. The van der Waals surface area contributed by atoms with Gasteiger partial charge in [0.15, 0.2) is 5.69 Å². The van der Waals surface area contributed by atoms with Crippen molar-refractivity contribution in [3.05, 3.63) is 68.3 Å². The molecule has 1 N–H and O–H groups in total. The zero-order valence-corrected chi connectivity index (χ0v) is 14.6. The number of aryl methyl sites for hydroxylation is 2. The first-order valence-electron chi connectivity index (χ1n) is 7.54. The lowest BCUT2D eigenvalue weighted by atomic mass is 10.1. The standard InChI is InChI=1S/C16H14ClN5O4/c1-9-3-4-11(17)5-14(9)19-16(23)15-13(10(2)26-20-15)8-21-7-12(6-18-21)22(24)25/h3-7H,8H2,1-2H3,(H,19,23). The van der Waals surface area contributed by atoms with Gasteiger partial charge in [0.25, 0.3) is 5.91 Å². The average Bonchev–Trinajstić information content (AvgIpc) is 3.19. The van der Waals surface area contributed by atoms with Crippen molar-refractivity contribution in [3.63, 3.8) is 0 Å². The number of nitrogens with one attached hydrogen (secondary N) is 1. The Labute approximate surface area is 152 Å². The van der Waals surface area contributed by atoms with Crippen LogP contribution < -0.4 is 5.32 Å². The summed E-state index contributed by atoms with van der Waals surface area (Å²) in [5.41, 5.74) is 1.83. The maximum atomic E-state index is 12.6. The highest BCUT2D eigenvalue weighted by Gasteiger charge is 2.22. The lowest BCUT2D eigenvalue weighted by Crippen LogP contribution is -2.16. The second-order valence-corrected chi connectivity index (χ2v) is 6.07. The van der Waals surface area contributed by atoms with Crippen molar-refractivity contribution in [1.82, 2.24) is 14.9 Å². The van der Waals surface area contributed by atoms with Gasteiger partial charge in [0.05, 0.1) is 11.5 Å². The fourth-order valence-electron chi connectivity index (χ4n) is 2.36. The molecule has 0 saturated carbocycles. The molecule has 1 amide bonds. The molecule has 3 aromatic rings. The minimum atomic E-state index is -0.542. The maximum absolute atomic E-state index is 12.6. The Kier molecular flexibility index (Phi) is 4.72. The van der Waals surface area contributed by atoms with Crippen LogP contribution in [0.1, 0.15) is 27.4 Å². The normalized spacial score (nSPS) is 10.7. The molecule has 9 nitrogen and oxygen atoms in total. The van der Waals surface area contributed by atoms with Crippen LogP contribution >= 0.6 is 11.6 Å². The molecule has 1 aromatic carbocycles. The number of nitrogens with zero attached hydrogens (tertiary/aromatic N) is 4. The monoisotopic (exact) mass is 375 g/mol. The quantitative estimate of drug-likeness (QED) is 0.540. The van der Waals surface area contributed by atoms with Gasteiger partial charge < -0.3 is 9.84 Å². The molecule has 0 saturated heterocycles. The van der Waals surface area contributed by atoms with Crippen LogP contribution in [-0.2, 0) is 6.54 Å². The highest BCUT2D eigenvalue weighted by Crippen LogP contribution is 2.22. The van der Waals surface area contributed by atoms with Gasteiger partial charge in [-0.15, -0.1) is 0 Å². The van der Waals surface area contributed by atoms with E-state index < -0.39 is 10.8 Å². The number of aromatic nitrogens is 3. The second kappa shape index (κ2) is 6.96. The first kappa shape index (κ1) is 17.6. The van der Waals surface area contributed by atoms with E-state index in [2.05, 4.69) is 15.6 Å². The number of carbonyl (C=O) groups excluding carboxylic acids is 1. The van der Waals surface area contributed by atoms with Gasteiger partial charge >= 0.3 is 5.69 Å². The van der Waals surface area contributed by atoms with Crippen molar-refractivity contribution in [1.29, 1.82) is 0 Å². The number of nitro groups is 1. The predicted octanol–water partition coefficient (Wildman–Crippen LogP) is 3.35. The van der Waals surface area contributed by atoms with Crippen molar-refractivity contribution in [2.45, 2.75) is 20.4 Å². The Morgan fingerprint density at radius 1 is 1.42 bits per heavy atom. The van der Waals surface area contributed by atoms with E-state index in [9.17, 15) is 14.9 Å². The number of benzene rings is 1. The number of hydrogen-bond acceptors (Lipinski definition) is 6. The SMILES string of the molecule is Cc1ccc(Cl)cc1NC(=O)c1noc(C)c1Cn1cc([N+](=O)[O-])cn1. The topological polar surface area (TPSA) is 116 Å². The third-order valence-electron chi connectivity index (χ3n) is 3.80. The first-order chi connectivity index (χ1) is 12.3. The molecule has 0 radical (unpaired) electrons. The van der Waals surface area contributed by atoms with Gasteiger partial charge in [0.2, 0.25) is 0 Å². The molecule has 0 aliphatic rings. The van der Waals surface area contributed by atoms with Crippen molar-refractivity contribution in [2.24, 2.45) is 0 Å². The Balaban J connectivity index is 1.85. The first-order valence-corrected chi connectivity index (χ1v) is 7.92. The van der Waals surface area contributed by atoms with Crippen LogP contribution in [0.15, 0.2) is 35.1 Å². The summed E-state index contributed by atoms with van der Waals surface area (Å²) in [7, 11) is 0. The molecule has 10 heteroatoms. The molecule has 134 valence electrons. The van der Waals surface area contributed by atoms with Crippen molar-refractivity contribution < 1.29 is 14.2 Å². The second-order valence-electron chi connectivity index (χ2n) is 5.63. The smallest absolute Gasteiger partial charge is 0.307 e. The molecule has 0 aliphatic carbocycles. The van der Waals surface area contributed by atoms with Gasteiger partial charge in [0.1, 0.15) is 18.2 Å². The van der Waals surface area contributed by atoms with E-state index in [1.807, 2.05) is 6.92 Å². The fourth-order valence-corrected chi connectivity index (χ4v) is 2.53. The van der Waals surface area contributed by atoms with Crippen molar-refractivity contribution >= 4 is 28.9 Å². The minimum Gasteiger partial charge on any atom is -0.361 e. The van der Waals surface area contributed by atoms with Gasteiger partial charge in [-0.3, -0.25) is 19.6 Å². The van der Waals surface area contributed by atoms with Crippen LogP contribution in [0.5, 0.6) is 0 Å². The van der Waals surface area contributed by atoms with Gasteiger partial charge in [0, 0.05) is 16.3 Å². The fraction of sp³-hybridized carbons (Fsp3) is 0.188. The maximum Gasteiger partial charge on any atom is 0.307 e. The van der Waals surface area contributed by atoms with E-state index in [1.54, 1.807) is 25.1 Å². The molecule has 26 heavy (non-hydrogen) atoms. The summed E-state index contributed by atoms with van der Waals surface area (Å²) in [5, 5.41) is 21.7. The van der Waals surface area contributed by atoms with Gasteiger partial charge in [-0.25, -0.2) is 0 Å². The summed E-state index contributed by atoms with van der Waals surface area (Å²) >= 11 is 5.96. The molecule has 0 unspecified atom stereocenters. The Hall–Kier alpha value is -3.20. The van der Waals surface area contributed by atoms with E-state index in [1.165, 1.54) is 10.9 Å². The number of halogens is 1. The summed E-state index contributed by atoms with van der Waals surface area (Å²) in [6.07, 6.45) is 2.41. The zero-order valence-electron chi connectivity index (χ0n) is 13.9. The summed E-state index contributed by atoms with van der Waals surface area (Å²) in [6.45, 7) is 3.60. The summed E-state index contributed by atoms with van der Waals surface area (Å²) in [6, 6.07) is 5.15. The van der Waals surface area contributed by atoms with Crippen LogP contribution in [0.25, 0.3) is 0 Å². The number of hydrogen-bond donors (Lipinski definition) is 1. The summed E-state index contributed by atoms with van der Waals surface area (Å²) in [5.74, 6) is -0.0417. The lowest BCUT2D eigenvalue weighted by Gasteiger charge is -2.08. The Morgan fingerprint density at radius 3 is 2.88 bits per heavy atom.